The van der Waals surface area contributed by atoms with Crippen molar-refractivity contribution in [3.05, 3.63) is 71.3 Å². The van der Waals surface area contributed by atoms with Gasteiger partial charge in [-0.2, -0.15) is 0 Å². The van der Waals surface area contributed by atoms with E-state index in [4.69, 9.17) is 4.74 Å². The van der Waals surface area contributed by atoms with Gasteiger partial charge in [0.15, 0.2) is 0 Å². The van der Waals surface area contributed by atoms with E-state index in [0.29, 0.717) is 5.56 Å². The number of alkyl carbamates (subject to hydrolysis) is 1. The van der Waals surface area contributed by atoms with Crippen LogP contribution >= 0.6 is 0 Å². The third-order valence-corrected chi connectivity index (χ3v) is 3.31. The Morgan fingerprint density at radius 1 is 1.16 bits per heavy atom. The zero-order valence-corrected chi connectivity index (χ0v) is 13.8. The highest BCUT2D eigenvalue weighted by molar-refractivity contribution is 5.92. The van der Waals surface area contributed by atoms with Crippen LogP contribution in [-0.4, -0.2) is 30.8 Å². The maximum atomic E-state index is 11.6. The molecule has 0 radical (unpaired) electrons. The molecule has 0 atom stereocenters. The molecule has 0 aliphatic heterocycles. The van der Waals surface area contributed by atoms with E-state index in [9.17, 15) is 14.7 Å². The number of benzene rings is 2. The molecule has 6 heteroatoms. The van der Waals surface area contributed by atoms with Gasteiger partial charge in [-0.15, -0.1) is 0 Å². The van der Waals surface area contributed by atoms with E-state index in [1.54, 1.807) is 18.2 Å². The molecule has 0 bridgehead atoms. The fraction of sp³-hybridized carbons (Fsp3) is 0.158. The van der Waals surface area contributed by atoms with Gasteiger partial charge in [0.1, 0.15) is 17.9 Å². The Labute approximate surface area is 145 Å². The van der Waals surface area contributed by atoms with Gasteiger partial charge in [-0.05, 0) is 23.3 Å². The summed E-state index contributed by atoms with van der Waals surface area (Å²) in [7, 11) is 1.25. The number of carbonyl (C=O) groups excluding carboxylic acids is 2. The lowest BCUT2D eigenvalue weighted by Gasteiger charge is -2.05. The molecule has 0 heterocycles. The Morgan fingerprint density at radius 2 is 1.92 bits per heavy atom. The molecule has 0 fully saturated rings. The summed E-state index contributed by atoms with van der Waals surface area (Å²) in [5.74, 6) is -0.764. The zero-order valence-electron chi connectivity index (χ0n) is 13.8. The topological polar surface area (TPSA) is 84.9 Å². The van der Waals surface area contributed by atoms with Crippen LogP contribution in [0.15, 0.2) is 54.6 Å². The second kappa shape index (κ2) is 9.12. The van der Waals surface area contributed by atoms with Gasteiger partial charge in [-0.1, -0.05) is 48.6 Å². The quantitative estimate of drug-likeness (QED) is 0.789. The first-order valence-corrected chi connectivity index (χ1v) is 7.62. The van der Waals surface area contributed by atoms with E-state index in [2.05, 4.69) is 10.1 Å². The molecule has 2 aromatic rings. The second-order valence-electron chi connectivity index (χ2n) is 5.11. The summed E-state index contributed by atoms with van der Waals surface area (Å²) in [6, 6.07) is 14.0. The van der Waals surface area contributed by atoms with Gasteiger partial charge >= 0.3 is 12.1 Å². The Bertz CT molecular complexity index is 756. The summed E-state index contributed by atoms with van der Waals surface area (Å²) >= 11 is 0. The number of carbonyl (C=O) groups is 2. The second-order valence-corrected chi connectivity index (χ2v) is 5.11. The van der Waals surface area contributed by atoms with Crippen molar-refractivity contribution in [2.45, 2.75) is 6.61 Å². The molecule has 2 rings (SSSR count). The standard InChI is InChI=1S/C19H19NO5/c1-24-18(22)16-10-9-14(12-17(16)21)8-5-11-20-19(23)25-13-15-6-3-2-4-7-15/h2-10,12,21H,11,13H2,1H3,(H,20,23). The minimum Gasteiger partial charge on any atom is -0.507 e. The largest absolute Gasteiger partial charge is 0.507 e. The molecule has 0 saturated carbocycles. The molecule has 0 spiro atoms. The normalized spacial score (nSPS) is 10.4. The van der Waals surface area contributed by atoms with Gasteiger partial charge in [0.2, 0.25) is 0 Å². The number of nitrogens with one attached hydrogen (secondary N) is 1. The van der Waals surface area contributed by atoms with Crippen LogP contribution in [0.3, 0.4) is 0 Å². The van der Waals surface area contributed by atoms with Crippen LogP contribution in [0.1, 0.15) is 21.5 Å². The van der Waals surface area contributed by atoms with Gasteiger partial charge < -0.3 is 19.9 Å². The molecule has 25 heavy (non-hydrogen) atoms. The number of aromatic hydroxyl groups is 1. The molecular weight excluding hydrogens is 322 g/mol. The molecule has 0 aliphatic carbocycles. The highest BCUT2D eigenvalue weighted by Gasteiger charge is 2.10. The molecule has 130 valence electrons. The van der Waals surface area contributed by atoms with Gasteiger partial charge in [0.05, 0.1) is 7.11 Å². The summed E-state index contributed by atoms with van der Waals surface area (Å²) < 4.78 is 9.64. The van der Waals surface area contributed by atoms with Crippen molar-refractivity contribution in [3.8, 4) is 5.75 Å². The van der Waals surface area contributed by atoms with Crippen LogP contribution in [0.25, 0.3) is 6.08 Å². The van der Waals surface area contributed by atoms with Crippen molar-refractivity contribution in [2.24, 2.45) is 0 Å². The van der Waals surface area contributed by atoms with Gasteiger partial charge in [-0.25, -0.2) is 9.59 Å². The van der Waals surface area contributed by atoms with Crippen LogP contribution in [0.4, 0.5) is 4.79 Å². The summed E-state index contributed by atoms with van der Waals surface area (Å²) in [4.78, 5) is 23.0. The monoisotopic (exact) mass is 341 g/mol. The molecule has 6 nitrogen and oxygen atoms in total. The number of phenols is 1. The summed E-state index contributed by atoms with van der Waals surface area (Å²) in [5, 5.41) is 12.4. The fourth-order valence-electron chi connectivity index (χ4n) is 2.05. The SMILES string of the molecule is COC(=O)c1ccc(C=CCNC(=O)OCc2ccccc2)cc1O. The summed E-state index contributed by atoms with van der Waals surface area (Å²) in [6.07, 6.45) is 2.90. The van der Waals surface area contributed by atoms with E-state index in [1.807, 2.05) is 30.3 Å². The summed E-state index contributed by atoms with van der Waals surface area (Å²) in [6.45, 7) is 0.479. The Balaban J connectivity index is 1.78. The van der Waals surface area contributed by atoms with Crippen LogP contribution in [-0.2, 0) is 16.1 Å². The third-order valence-electron chi connectivity index (χ3n) is 3.31. The van der Waals surface area contributed by atoms with Crippen molar-refractivity contribution < 1.29 is 24.2 Å². The predicted octanol–water partition coefficient (Wildman–Crippen LogP) is 3.12. The highest BCUT2D eigenvalue weighted by atomic mass is 16.5. The molecule has 0 aliphatic rings. The maximum Gasteiger partial charge on any atom is 0.407 e. The van der Waals surface area contributed by atoms with Crippen molar-refractivity contribution in [1.29, 1.82) is 0 Å². The number of esters is 1. The molecule has 0 saturated heterocycles. The summed E-state index contributed by atoms with van der Waals surface area (Å²) in [5.41, 5.74) is 1.70. The van der Waals surface area contributed by atoms with Crippen molar-refractivity contribution in [3.63, 3.8) is 0 Å². The average Bonchev–Trinajstić information content (AvgIpc) is 2.64. The number of hydrogen-bond donors (Lipinski definition) is 2. The Kier molecular flexibility index (Phi) is 6.59. The lowest BCUT2D eigenvalue weighted by Crippen LogP contribution is -2.24. The van der Waals surface area contributed by atoms with Crippen molar-refractivity contribution in [2.75, 3.05) is 13.7 Å². The molecule has 1 amide bonds. The van der Waals surface area contributed by atoms with Crippen molar-refractivity contribution in [1.82, 2.24) is 5.32 Å². The van der Waals surface area contributed by atoms with E-state index in [-0.39, 0.29) is 24.5 Å². The lowest BCUT2D eigenvalue weighted by molar-refractivity contribution is 0.0597. The number of phenolic OH excluding ortho intramolecular Hbond substituents is 1. The van der Waals surface area contributed by atoms with E-state index in [1.165, 1.54) is 19.2 Å². The van der Waals surface area contributed by atoms with Gasteiger partial charge in [0.25, 0.3) is 0 Å². The smallest absolute Gasteiger partial charge is 0.407 e. The van der Waals surface area contributed by atoms with E-state index in [0.717, 1.165) is 5.56 Å². The van der Waals surface area contributed by atoms with Crippen LogP contribution in [0.2, 0.25) is 0 Å². The molecule has 2 N–H and O–H groups in total. The highest BCUT2D eigenvalue weighted by Crippen LogP contribution is 2.20. The molecular formula is C19H19NO5. The number of amides is 1. The van der Waals surface area contributed by atoms with Crippen LogP contribution in [0, 0.1) is 0 Å². The minimum absolute atomic E-state index is 0.0993. The van der Waals surface area contributed by atoms with Crippen molar-refractivity contribution >= 4 is 18.1 Å². The Hall–Kier alpha value is -3.28. The lowest BCUT2D eigenvalue weighted by atomic mass is 10.1. The first-order valence-electron chi connectivity index (χ1n) is 7.62. The number of rotatable bonds is 6. The average molecular weight is 341 g/mol. The number of ether oxygens (including phenoxy) is 2. The number of methoxy groups -OCH3 is 1. The third kappa shape index (κ3) is 5.69. The van der Waals surface area contributed by atoms with Gasteiger partial charge in [-0.3, -0.25) is 0 Å². The minimum atomic E-state index is -0.601. The predicted molar refractivity (Wildman–Crippen MR) is 93.1 cm³/mol. The fourth-order valence-corrected chi connectivity index (χ4v) is 2.05. The van der Waals surface area contributed by atoms with E-state index < -0.39 is 12.1 Å². The van der Waals surface area contributed by atoms with Gasteiger partial charge in [0, 0.05) is 6.54 Å². The molecule has 2 aromatic carbocycles. The Morgan fingerprint density at radius 3 is 2.60 bits per heavy atom. The van der Waals surface area contributed by atoms with E-state index >= 15 is 0 Å². The first-order chi connectivity index (χ1) is 12.1. The maximum absolute atomic E-state index is 11.6. The number of hydrogen-bond acceptors (Lipinski definition) is 5. The van der Waals surface area contributed by atoms with Crippen LogP contribution < -0.4 is 5.32 Å². The van der Waals surface area contributed by atoms with Crippen LogP contribution in [0.5, 0.6) is 5.75 Å². The molecule has 0 aromatic heterocycles. The molecule has 0 unspecified atom stereocenters. The first kappa shape index (κ1) is 18.1. The zero-order chi connectivity index (χ0) is 18.1.